The molecule has 0 aromatic carbocycles. The number of unbranched alkanes of at least 4 members (excludes halogenated alkanes) is 32. The van der Waals surface area contributed by atoms with Gasteiger partial charge in [0.2, 0.25) is 5.91 Å². The third-order valence-corrected chi connectivity index (χ3v) is 14.5. The first-order valence-electron chi connectivity index (χ1n) is 30.2. The standard InChI is InChI=1S/C62H117N2O6P/c1-6-8-10-12-14-16-18-20-22-24-26-28-29-30-31-32-33-34-36-37-39-41-43-45-47-49-51-53-55-61(65)60(59-70-71(67,68)69-58-57-64(3,4)5)63-62(66)56-54-52-50-48-46-44-42-40-38-35-27-25-23-21-19-17-15-13-11-9-7-2/h9,11,15,17,21,23,27,35,40,42,60-61,65H,6-8,10,12-14,16,18-20,22,24-26,28-34,36-39,41,43-59H2,1-5H3,(H-,63,66,67,68)/p+1/b11-9-,17-15-,23-21-,35-27-,42-40-. The van der Waals surface area contributed by atoms with Gasteiger partial charge in [0.1, 0.15) is 13.2 Å². The summed E-state index contributed by atoms with van der Waals surface area (Å²) < 4.78 is 23.8. The number of quaternary nitrogens is 1. The molecule has 0 aromatic rings. The normalized spacial score (nSPS) is 14.3. The second-order valence-corrected chi connectivity index (χ2v) is 23.2. The Hall–Kier alpha value is -1.80. The van der Waals surface area contributed by atoms with Gasteiger partial charge >= 0.3 is 7.82 Å². The molecule has 0 aromatic heterocycles. The van der Waals surface area contributed by atoms with Gasteiger partial charge in [-0.3, -0.25) is 13.8 Å². The lowest BCUT2D eigenvalue weighted by molar-refractivity contribution is -0.870. The molecule has 0 saturated heterocycles. The molecule has 3 unspecified atom stereocenters. The number of phosphoric ester groups is 1. The molecule has 0 aliphatic heterocycles. The molecule has 0 fully saturated rings. The molecule has 0 aliphatic rings. The molecular formula is C62H118N2O6P+. The minimum atomic E-state index is -4.33. The zero-order valence-electron chi connectivity index (χ0n) is 47.5. The Labute approximate surface area is 441 Å². The number of allylic oxidation sites excluding steroid dienone is 10. The van der Waals surface area contributed by atoms with E-state index in [-0.39, 0.29) is 19.1 Å². The van der Waals surface area contributed by atoms with Crippen molar-refractivity contribution < 1.29 is 32.9 Å². The summed E-state index contributed by atoms with van der Waals surface area (Å²) in [5.74, 6) is -0.162. The van der Waals surface area contributed by atoms with Gasteiger partial charge in [0, 0.05) is 6.42 Å². The average Bonchev–Trinajstić information content (AvgIpc) is 3.33. The quantitative estimate of drug-likeness (QED) is 0.0243. The number of rotatable bonds is 55. The molecule has 0 aliphatic carbocycles. The number of nitrogens with zero attached hydrogens (tertiary/aromatic N) is 1. The molecule has 71 heavy (non-hydrogen) atoms. The first-order chi connectivity index (χ1) is 34.5. The second kappa shape index (κ2) is 53.0. The number of phosphoric acid groups is 1. The van der Waals surface area contributed by atoms with Gasteiger partial charge in [-0.25, -0.2) is 4.57 Å². The maximum absolute atomic E-state index is 13.0. The Bertz CT molecular complexity index is 1340. The average molecular weight is 1020 g/mol. The maximum Gasteiger partial charge on any atom is 0.472 e. The lowest BCUT2D eigenvalue weighted by atomic mass is 10.0. The van der Waals surface area contributed by atoms with E-state index in [1.807, 2.05) is 21.1 Å². The molecule has 3 N–H and O–H groups in total. The van der Waals surface area contributed by atoms with Crippen molar-refractivity contribution >= 4 is 13.7 Å². The Balaban J connectivity index is 4.15. The molecule has 8 nitrogen and oxygen atoms in total. The molecule has 9 heteroatoms. The lowest BCUT2D eigenvalue weighted by Crippen LogP contribution is -2.46. The van der Waals surface area contributed by atoms with Crippen LogP contribution in [0.3, 0.4) is 0 Å². The van der Waals surface area contributed by atoms with Crippen LogP contribution < -0.4 is 5.32 Å². The van der Waals surface area contributed by atoms with Crippen molar-refractivity contribution in [1.82, 2.24) is 5.32 Å². The number of amides is 1. The smallest absolute Gasteiger partial charge is 0.391 e. The molecule has 0 rings (SSSR count). The van der Waals surface area contributed by atoms with Crippen molar-refractivity contribution in [2.75, 3.05) is 40.9 Å². The fourth-order valence-corrected chi connectivity index (χ4v) is 9.58. The highest BCUT2D eigenvalue weighted by Crippen LogP contribution is 2.43. The predicted molar refractivity (Wildman–Crippen MR) is 309 cm³/mol. The number of aliphatic hydroxyl groups is 1. The highest BCUT2D eigenvalue weighted by Gasteiger charge is 2.28. The van der Waals surface area contributed by atoms with Crippen molar-refractivity contribution in [1.29, 1.82) is 0 Å². The summed E-state index contributed by atoms with van der Waals surface area (Å²) in [6, 6.07) is -0.776. The highest BCUT2D eigenvalue weighted by atomic mass is 31.2. The minimum absolute atomic E-state index is 0.0683. The van der Waals surface area contributed by atoms with Crippen molar-refractivity contribution in [2.45, 2.75) is 289 Å². The number of carbonyl (C=O) groups excluding carboxylic acids is 1. The van der Waals surface area contributed by atoms with Crippen molar-refractivity contribution in [3.8, 4) is 0 Å². The van der Waals surface area contributed by atoms with Crippen LogP contribution in [0.1, 0.15) is 277 Å². The Morgan fingerprint density at radius 2 is 0.845 bits per heavy atom. The SMILES string of the molecule is CC/C=C\C/C=C\C/C=C\C/C=C\C/C=C\CCCCCCCC(=O)NC(COP(=O)(O)OCC[N+](C)(C)C)C(O)CCCCCCCCCCCCCCCCCCCCCCCCCCCCCC. The van der Waals surface area contributed by atoms with Gasteiger partial charge in [0.25, 0.3) is 0 Å². The van der Waals surface area contributed by atoms with Gasteiger partial charge in [-0.2, -0.15) is 0 Å². The van der Waals surface area contributed by atoms with Crippen LogP contribution in [0.25, 0.3) is 0 Å². The van der Waals surface area contributed by atoms with Crippen LogP contribution in [-0.4, -0.2) is 73.4 Å². The van der Waals surface area contributed by atoms with Gasteiger partial charge in [-0.15, -0.1) is 0 Å². The van der Waals surface area contributed by atoms with Crippen LogP contribution in [0.5, 0.6) is 0 Å². The largest absolute Gasteiger partial charge is 0.472 e. The van der Waals surface area contributed by atoms with Crippen LogP contribution in [0, 0.1) is 0 Å². The van der Waals surface area contributed by atoms with Crippen LogP contribution in [0.2, 0.25) is 0 Å². The van der Waals surface area contributed by atoms with Crippen LogP contribution in [0.15, 0.2) is 60.8 Å². The van der Waals surface area contributed by atoms with Crippen molar-refractivity contribution in [3.05, 3.63) is 60.8 Å². The van der Waals surface area contributed by atoms with Gasteiger partial charge in [-0.1, -0.05) is 274 Å². The molecular weight excluding hydrogens is 900 g/mol. The third-order valence-electron chi connectivity index (χ3n) is 13.5. The zero-order valence-corrected chi connectivity index (χ0v) is 48.4. The summed E-state index contributed by atoms with van der Waals surface area (Å²) >= 11 is 0. The van der Waals surface area contributed by atoms with E-state index in [0.717, 1.165) is 89.9 Å². The second-order valence-electron chi connectivity index (χ2n) is 21.7. The van der Waals surface area contributed by atoms with Gasteiger partial charge in [-0.05, 0) is 57.8 Å². The van der Waals surface area contributed by atoms with E-state index in [1.54, 1.807) is 0 Å². The topological polar surface area (TPSA) is 105 Å². The number of nitrogens with one attached hydrogen (secondary N) is 1. The molecule has 0 spiro atoms. The van der Waals surface area contributed by atoms with Gasteiger partial charge < -0.3 is 19.8 Å². The molecule has 0 radical (unpaired) electrons. The zero-order chi connectivity index (χ0) is 52.0. The Kier molecular flexibility index (Phi) is 51.7. The molecule has 1 amide bonds. The van der Waals surface area contributed by atoms with E-state index in [2.05, 4.69) is 79.9 Å². The van der Waals surface area contributed by atoms with E-state index in [1.165, 1.54) is 161 Å². The maximum atomic E-state index is 13.0. The van der Waals surface area contributed by atoms with E-state index in [4.69, 9.17) is 9.05 Å². The number of aliphatic hydroxyl groups excluding tert-OH is 1. The summed E-state index contributed by atoms with van der Waals surface area (Å²) in [5.41, 5.74) is 0. The lowest BCUT2D eigenvalue weighted by Gasteiger charge is -2.26. The highest BCUT2D eigenvalue weighted by molar-refractivity contribution is 7.47. The number of likely N-dealkylation sites (N-methyl/N-ethyl adjacent to an activating group) is 1. The number of carbonyl (C=O) groups is 1. The summed E-state index contributed by atoms with van der Waals surface area (Å²) in [6.45, 7) is 4.78. The van der Waals surface area contributed by atoms with Crippen LogP contribution in [0.4, 0.5) is 0 Å². The van der Waals surface area contributed by atoms with Crippen molar-refractivity contribution in [2.24, 2.45) is 0 Å². The summed E-state index contributed by atoms with van der Waals surface area (Å²) in [4.78, 5) is 23.4. The molecule has 0 heterocycles. The van der Waals surface area contributed by atoms with E-state index < -0.39 is 20.0 Å². The summed E-state index contributed by atoms with van der Waals surface area (Å²) in [6.07, 6.45) is 71.5. The fraction of sp³-hybridized carbons (Fsp3) is 0.823. The molecule has 416 valence electrons. The first kappa shape index (κ1) is 69.2. The predicted octanol–water partition coefficient (Wildman–Crippen LogP) is 18.5. The fourth-order valence-electron chi connectivity index (χ4n) is 8.84. The number of hydrogen-bond acceptors (Lipinski definition) is 5. The third kappa shape index (κ3) is 55.8. The minimum Gasteiger partial charge on any atom is -0.391 e. The van der Waals surface area contributed by atoms with Crippen LogP contribution in [-0.2, 0) is 18.4 Å². The molecule has 0 saturated carbocycles. The van der Waals surface area contributed by atoms with Gasteiger partial charge in [0.15, 0.2) is 0 Å². The monoisotopic (exact) mass is 1020 g/mol. The van der Waals surface area contributed by atoms with E-state index >= 15 is 0 Å². The van der Waals surface area contributed by atoms with Crippen molar-refractivity contribution in [3.63, 3.8) is 0 Å². The molecule has 3 atom stereocenters. The van der Waals surface area contributed by atoms with Crippen LogP contribution >= 0.6 is 7.82 Å². The first-order valence-corrected chi connectivity index (χ1v) is 31.6. The summed E-state index contributed by atoms with van der Waals surface area (Å²) in [5, 5.41) is 14.1. The summed E-state index contributed by atoms with van der Waals surface area (Å²) in [7, 11) is 1.60. The van der Waals surface area contributed by atoms with Gasteiger partial charge in [0.05, 0.1) is 39.9 Å². The number of hydrogen-bond donors (Lipinski definition) is 3. The Morgan fingerprint density at radius 1 is 0.493 bits per heavy atom. The van der Waals surface area contributed by atoms with E-state index in [9.17, 15) is 19.4 Å². The van der Waals surface area contributed by atoms with E-state index in [0.29, 0.717) is 23.9 Å². The molecule has 0 bridgehead atoms. The Morgan fingerprint density at radius 3 is 1.24 bits per heavy atom.